The number of nitrogens with zero attached hydrogens (tertiary/aromatic N) is 1. The molecule has 6 rings (SSSR count). The van der Waals surface area contributed by atoms with E-state index in [1.165, 1.54) is 5.56 Å². The molecule has 0 aromatic heterocycles. The molecular weight excluding hydrogens is 438 g/mol. The number of piperidine rings is 1. The minimum absolute atomic E-state index is 0.0709. The quantitative estimate of drug-likeness (QED) is 0.597. The first-order chi connectivity index (χ1) is 17.2. The summed E-state index contributed by atoms with van der Waals surface area (Å²) in [5, 5.41) is 2.34. The second-order valence-corrected chi connectivity index (χ2v) is 9.57. The molecule has 1 saturated heterocycles. The molecule has 35 heavy (non-hydrogen) atoms. The number of fused-ring (bicyclic) bond motifs is 4. The van der Waals surface area contributed by atoms with Crippen molar-refractivity contribution < 1.29 is 19.1 Å². The first kappa shape index (κ1) is 22.0. The Hall–Kier alpha value is -3.48. The highest BCUT2D eigenvalue weighted by molar-refractivity contribution is 5.68. The van der Waals surface area contributed by atoms with Crippen LogP contribution in [0.1, 0.15) is 35.6 Å². The van der Waals surface area contributed by atoms with E-state index in [4.69, 9.17) is 14.2 Å². The highest BCUT2D eigenvalue weighted by Gasteiger charge is 2.53. The molecular formula is C29H32N3O3+. The molecule has 180 valence electrons. The Balaban J connectivity index is 1.31. The fourth-order valence-corrected chi connectivity index (χ4v) is 5.66. The van der Waals surface area contributed by atoms with Gasteiger partial charge in [-0.1, -0.05) is 42.5 Å². The summed E-state index contributed by atoms with van der Waals surface area (Å²) in [6.07, 6.45) is 4.17. The molecule has 3 aliphatic rings. The number of para-hydroxylation sites is 1. The lowest BCUT2D eigenvalue weighted by Crippen LogP contribution is -3.12. The molecule has 3 aliphatic heterocycles. The molecule has 3 aromatic rings. The van der Waals surface area contributed by atoms with Crippen LogP contribution in [0.25, 0.3) is 5.70 Å². The van der Waals surface area contributed by atoms with Crippen LogP contribution in [0.3, 0.4) is 0 Å². The number of likely N-dealkylation sites (tertiary alicyclic amines) is 1. The summed E-state index contributed by atoms with van der Waals surface area (Å²) in [5.74, 6) is 2.53. The van der Waals surface area contributed by atoms with Crippen LogP contribution >= 0.6 is 0 Å². The minimum Gasteiger partial charge on any atom is -0.497 e. The van der Waals surface area contributed by atoms with E-state index in [1.807, 2.05) is 24.3 Å². The summed E-state index contributed by atoms with van der Waals surface area (Å²) >= 11 is 0. The van der Waals surface area contributed by atoms with E-state index in [2.05, 4.69) is 65.0 Å². The highest BCUT2D eigenvalue weighted by Crippen LogP contribution is 2.50. The van der Waals surface area contributed by atoms with Crippen LogP contribution in [0.2, 0.25) is 0 Å². The number of methoxy groups -OCH3 is 2. The average Bonchev–Trinajstić information content (AvgIpc) is 3.37. The smallest absolute Gasteiger partial charge is 0.191 e. The lowest BCUT2D eigenvalue weighted by Gasteiger charge is -2.50. The predicted molar refractivity (Wildman–Crippen MR) is 135 cm³/mol. The first-order valence-corrected chi connectivity index (χ1v) is 12.3. The molecule has 1 fully saturated rings. The molecule has 3 heterocycles. The maximum atomic E-state index is 6.89. The highest BCUT2D eigenvalue weighted by atomic mass is 16.5. The van der Waals surface area contributed by atoms with Crippen LogP contribution in [0, 0.1) is 0 Å². The van der Waals surface area contributed by atoms with Crippen molar-refractivity contribution in [3.8, 4) is 17.2 Å². The van der Waals surface area contributed by atoms with Crippen molar-refractivity contribution in [2.45, 2.75) is 31.2 Å². The fourth-order valence-electron chi connectivity index (χ4n) is 5.66. The monoisotopic (exact) mass is 470 g/mol. The van der Waals surface area contributed by atoms with Gasteiger partial charge in [0, 0.05) is 11.1 Å². The maximum Gasteiger partial charge on any atom is 0.191 e. The Labute approximate surface area is 206 Å². The molecule has 0 aliphatic carbocycles. The standard InChI is InChI=1S/C29H31N3O3/c1-33-23-13-11-22(12-14-23)25-19-26-24-9-6-10-27(34-2)28(24)35-29(32(26)30-25)15-17-31(18-16-29)20-21-7-4-3-5-8-21/h3-14,19,26,30H,15-18,20H2,1-2H3/p+1. The van der Waals surface area contributed by atoms with E-state index >= 15 is 0 Å². The van der Waals surface area contributed by atoms with Gasteiger partial charge in [-0.25, -0.2) is 0 Å². The minimum atomic E-state index is -0.433. The third-order valence-corrected chi connectivity index (χ3v) is 7.56. The Morgan fingerprint density at radius 3 is 2.43 bits per heavy atom. The Bertz CT molecular complexity index is 1220. The predicted octanol–water partition coefficient (Wildman–Crippen LogP) is 3.57. The summed E-state index contributed by atoms with van der Waals surface area (Å²) in [6.45, 7) is 3.13. The second kappa shape index (κ2) is 8.95. The van der Waals surface area contributed by atoms with Crippen LogP contribution in [0.15, 0.2) is 78.9 Å². The Morgan fingerprint density at radius 1 is 0.943 bits per heavy atom. The SMILES string of the molecule is COc1ccc(C2=CC3c4cccc(OC)c4OC4(CC[NH+](Cc5ccccc5)CC4)N3N2)cc1. The zero-order valence-electron chi connectivity index (χ0n) is 20.3. The molecule has 2 N–H and O–H groups in total. The van der Waals surface area contributed by atoms with Crippen LogP contribution in [0.5, 0.6) is 17.2 Å². The maximum absolute atomic E-state index is 6.89. The van der Waals surface area contributed by atoms with E-state index < -0.39 is 5.72 Å². The van der Waals surface area contributed by atoms with Crippen molar-refractivity contribution in [1.82, 2.24) is 10.4 Å². The summed E-state index contributed by atoms with van der Waals surface area (Å²) in [4.78, 5) is 1.59. The first-order valence-electron chi connectivity index (χ1n) is 12.3. The van der Waals surface area contributed by atoms with Gasteiger partial charge in [-0.05, 0) is 42.0 Å². The topological polar surface area (TPSA) is 47.4 Å². The van der Waals surface area contributed by atoms with Gasteiger partial charge in [-0.15, -0.1) is 0 Å². The lowest BCUT2D eigenvalue weighted by atomic mass is 9.92. The van der Waals surface area contributed by atoms with Crippen molar-refractivity contribution in [1.29, 1.82) is 0 Å². The summed E-state index contributed by atoms with van der Waals surface area (Å²) in [7, 11) is 3.41. The van der Waals surface area contributed by atoms with E-state index in [1.54, 1.807) is 19.1 Å². The van der Waals surface area contributed by atoms with E-state index in [-0.39, 0.29) is 6.04 Å². The molecule has 0 radical (unpaired) electrons. The van der Waals surface area contributed by atoms with Gasteiger partial charge in [0.2, 0.25) is 0 Å². The summed E-state index contributed by atoms with van der Waals surface area (Å²) in [5.41, 5.74) is 8.03. The number of hydrogen-bond acceptors (Lipinski definition) is 5. The Kier molecular flexibility index (Phi) is 5.63. The number of hydrogen-bond donors (Lipinski definition) is 2. The zero-order chi connectivity index (χ0) is 23.8. The molecule has 0 saturated carbocycles. The third kappa shape index (κ3) is 3.93. The third-order valence-electron chi connectivity index (χ3n) is 7.56. The molecule has 3 aromatic carbocycles. The lowest BCUT2D eigenvalue weighted by molar-refractivity contribution is -0.921. The van der Waals surface area contributed by atoms with Gasteiger partial charge in [0.1, 0.15) is 12.3 Å². The normalized spacial score (nSPS) is 25.1. The average molecular weight is 471 g/mol. The van der Waals surface area contributed by atoms with Crippen molar-refractivity contribution >= 4 is 5.70 Å². The van der Waals surface area contributed by atoms with Gasteiger partial charge in [0.05, 0.1) is 51.9 Å². The summed E-state index contributed by atoms with van der Waals surface area (Å²) < 4.78 is 18.0. The van der Waals surface area contributed by atoms with Gasteiger partial charge in [0.25, 0.3) is 0 Å². The number of quaternary nitrogens is 1. The van der Waals surface area contributed by atoms with Gasteiger partial charge in [-0.3, -0.25) is 0 Å². The van der Waals surface area contributed by atoms with Crippen LogP contribution in [-0.2, 0) is 6.54 Å². The van der Waals surface area contributed by atoms with Crippen molar-refractivity contribution in [3.05, 3.63) is 95.6 Å². The number of hydrazine groups is 1. The zero-order valence-corrected chi connectivity index (χ0v) is 20.3. The number of nitrogens with one attached hydrogen (secondary N) is 2. The van der Waals surface area contributed by atoms with Crippen molar-refractivity contribution in [2.24, 2.45) is 0 Å². The van der Waals surface area contributed by atoms with Gasteiger partial charge in [0.15, 0.2) is 17.2 Å². The molecule has 1 atom stereocenters. The molecule has 6 heteroatoms. The van der Waals surface area contributed by atoms with E-state index in [9.17, 15) is 0 Å². The second-order valence-electron chi connectivity index (χ2n) is 9.57. The molecule has 0 bridgehead atoms. The van der Waals surface area contributed by atoms with E-state index in [0.29, 0.717) is 0 Å². The van der Waals surface area contributed by atoms with Crippen LogP contribution in [-0.4, -0.2) is 38.0 Å². The summed E-state index contributed by atoms with van der Waals surface area (Å²) in [6, 6.07) is 25.2. The van der Waals surface area contributed by atoms with Gasteiger partial charge in [-0.2, -0.15) is 5.01 Å². The number of benzene rings is 3. The van der Waals surface area contributed by atoms with Crippen LogP contribution < -0.4 is 24.5 Å². The van der Waals surface area contributed by atoms with Crippen molar-refractivity contribution in [3.63, 3.8) is 0 Å². The fraction of sp³-hybridized carbons (Fsp3) is 0.310. The molecule has 1 unspecified atom stereocenters. The molecule has 6 nitrogen and oxygen atoms in total. The van der Waals surface area contributed by atoms with E-state index in [0.717, 1.165) is 66.5 Å². The number of ether oxygens (including phenoxy) is 3. The number of rotatable bonds is 5. The van der Waals surface area contributed by atoms with Crippen molar-refractivity contribution in [2.75, 3.05) is 27.3 Å². The molecule has 0 amide bonds. The van der Waals surface area contributed by atoms with Gasteiger partial charge < -0.3 is 24.5 Å². The largest absolute Gasteiger partial charge is 0.497 e. The Morgan fingerprint density at radius 2 is 1.71 bits per heavy atom. The van der Waals surface area contributed by atoms with Crippen LogP contribution in [0.4, 0.5) is 0 Å². The molecule has 1 spiro atoms. The van der Waals surface area contributed by atoms with Gasteiger partial charge >= 0.3 is 0 Å².